The maximum Gasteiger partial charge on any atom is 0.408 e. The van der Waals surface area contributed by atoms with Crippen LogP contribution in [0.15, 0.2) is 36.5 Å². The maximum absolute atomic E-state index is 15.1. The zero-order chi connectivity index (χ0) is 25.8. The third-order valence-electron chi connectivity index (χ3n) is 4.89. The van der Waals surface area contributed by atoms with Gasteiger partial charge in [0.15, 0.2) is 5.82 Å². The van der Waals surface area contributed by atoms with E-state index in [2.05, 4.69) is 20.3 Å². The number of hydrogen-bond acceptors (Lipinski definition) is 6. The highest BCUT2D eigenvalue weighted by atomic mass is 35.5. The molecule has 12 heteroatoms. The lowest BCUT2D eigenvalue weighted by atomic mass is 10.1. The molecule has 1 atom stereocenters. The van der Waals surface area contributed by atoms with Crippen molar-refractivity contribution in [2.75, 3.05) is 32.6 Å². The van der Waals surface area contributed by atoms with Crippen molar-refractivity contribution in [2.24, 2.45) is 0 Å². The average molecular weight is 516 g/mol. The monoisotopic (exact) mass is 515 g/mol. The SMILES string of the molecule is CC(Nc1nc(-c2ccccn2)nc(Cl)c1-c1c(F)cc(OCCCN(C)C)cc1F)C(F)(F)F. The lowest BCUT2D eigenvalue weighted by Crippen LogP contribution is -2.33. The summed E-state index contributed by atoms with van der Waals surface area (Å²) < 4.78 is 75.4. The molecule has 0 aliphatic carbocycles. The molecule has 1 aromatic carbocycles. The Labute approximate surface area is 204 Å². The number of hydrogen-bond donors (Lipinski definition) is 1. The van der Waals surface area contributed by atoms with Crippen LogP contribution in [0.1, 0.15) is 13.3 Å². The molecule has 0 amide bonds. The Morgan fingerprint density at radius 1 is 1.09 bits per heavy atom. The van der Waals surface area contributed by atoms with Crippen molar-refractivity contribution >= 4 is 17.4 Å². The second-order valence-corrected chi connectivity index (χ2v) is 8.31. The molecule has 0 radical (unpaired) electrons. The van der Waals surface area contributed by atoms with E-state index < -0.39 is 46.0 Å². The molecule has 0 bridgehead atoms. The van der Waals surface area contributed by atoms with Crippen LogP contribution in [0.3, 0.4) is 0 Å². The molecule has 0 fully saturated rings. The van der Waals surface area contributed by atoms with E-state index in [9.17, 15) is 13.2 Å². The summed E-state index contributed by atoms with van der Waals surface area (Å²) in [6, 6.07) is 4.54. The van der Waals surface area contributed by atoms with Crippen LogP contribution >= 0.6 is 11.6 Å². The van der Waals surface area contributed by atoms with E-state index in [1.165, 1.54) is 12.3 Å². The van der Waals surface area contributed by atoms with Gasteiger partial charge in [0, 0.05) is 24.9 Å². The summed E-state index contributed by atoms with van der Waals surface area (Å²) in [6.45, 7) is 1.78. The predicted octanol–water partition coefficient (Wildman–Crippen LogP) is 5.83. The predicted molar refractivity (Wildman–Crippen MR) is 123 cm³/mol. The van der Waals surface area contributed by atoms with Crippen molar-refractivity contribution in [3.63, 3.8) is 0 Å². The largest absolute Gasteiger partial charge is 0.493 e. The van der Waals surface area contributed by atoms with Crippen LogP contribution in [0, 0.1) is 11.6 Å². The van der Waals surface area contributed by atoms with E-state index in [-0.39, 0.29) is 23.9 Å². The molecule has 3 rings (SSSR count). The van der Waals surface area contributed by atoms with E-state index in [4.69, 9.17) is 16.3 Å². The lowest BCUT2D eigenvalue weighted by Gasteiger charge is -2.21. The topological polar surface area (TPSA) is 63.2 Å². The number of rotatable bonds is 9. The van der Waals surface area contributed by atoms with Gasteiger partial charge in [-0.1, -0.05) is 17.7 Å². The summed E-state index contributed by atoms with van der Waals surface area (Å²) in [5, 5.41) is 1.71. The van der Waals surface area contributed by atoms with Gasteiger partial charge in [-0.25, -0.2) is 18.7 Å². The third kappa shape index (κ3) is 6.76. The summed E-state index contributed by atoms with van der Waals surface area (Å²) >= 11 is 6.26. The first kappa shape index (κ1) is 26.6. The number of nitrogens with one attached hydrogen (secondary N) is 1. The number of halogens is 6. The molecule has 188 valence electrons. The van der Waals surface area contributed by atoms with Gasteiger partial charge in [-0.2, -0.15) is 13.2 Å². The van der Waals surface area contributed by atoms with E-state index in [0.717, 1.165) is 19.1 Å². The number of pyridine rings is 1. The van der Waals surface area contributed by atoms with Crippen molar-refractivity contribution in [1.82, 2.24) is 19.9 Å². The first-order valence-electron chi connectivity index (χ1n) is 10.6. The summed E-state index contributed by atoms with van der Waals surface area (Å²) in [5.41, 5.74) is -0.914. The summed E-state index contributed by atoms with van der Waals surface area (Å²) in [5.74, 6) is -2.86. The second-order valence-electron chi connectivity index (χ2n) is 7.95. The van der Waals surface area contributed by atoms with Gasteiger partial charge in [0.1, 0.15) is 40.1 Å². The minimum Gasteiger partial charge on any atom is -0.493 e. The Morgan fingerprint density at radius 2 is 1.77 bits per heavy atom. The second kappa shape index (κ2) is 11.1. The maximum atomic E-state index is 15.1. The Morgan fingerprint density at radius 3 is 2.34 bits per heavy atom. The molecule has 1 N–H and O–H groups in total. The molecular formula is C23H23ClF5N5O. The molecule has 6 nitrogen and oxygen atoms in total. The van der Waals surface area contributed by atoms with Crippen LogP contribution < -0.4 is 10.1 Å². The fourth-order valence-corrected chi connectivity index (χ4v) is 3.36. The average Bonchev–Trinajstić information content (AvgIpc) is 2.77. The highest BCUT2D eigenvalue weighted by molar-refractivity contribution is 6.32. The number of alkyl halides is 3. The summed E-state index contributed by atoms with van der Waals surface area (Å²) in [6.07, 6.45) is -2.61. The van der Waals surface area contributed by atoms with Gasteiger partial charge < -0.3 is 15.0 Å². The Balaban J connectivity index is 2.05. The van der Waals surface area contributed by atoms with Crippen LogP contribution in [0.2, 0.25) is 5.15 Å². The van der Waals surface area contributed by atoms with Gasteiger partial charge in [-0.15, -0.1) is 0 Å². The highest BCUT2D eigenvalue weighted by Gasteiger charge is 2.37. The van der Waals surface area contributed by atoms with Crippen LogP contribution in [-0.2, 0) is 0 Å². The minimum absolute atomic E-state index is 0.0668. The Bertz CT molecular complexity index is 1140. The molecule has 2 aromatic heterocycles. The fraction of sp³-hybridized carbons (Fsp3) is 0.348. The van der Waals surface area contributed by atoms with Crippen LogP contribution in [0.25, 0.3) is 22.6 Å². The van der Waals surface area contributed by atoms with Gasteiger partial charge in [0.05, 0.1) is 17.7 Å². The molecule has 0 aliphatic rings. The highest BCUT2D eigenvalue weighted by Crippen LogP contribution is 2.40. The van der Waals surface area contributed by atoms with Gasteiger partial charge >= 0.3 is 6.18 Å². The number of ether oxygens (including phenoxy) is 1. The minimum atomic E-state index is -4.67. The Hall–Kier alpha value is -3.05. The van der Waals surface area contributed by atoms with E-state index in [0.29, 0.717) is 13.0 Å². The molecule has 0 spiro atoms. The van der Waals surface area contributed by atoms with E-state index in [1.807, 2.05) is 19.0 Å². The molecule has 0 saturated carbocycles. The van der Waals surface area contributed by atoms with Crippen molar-refractivity contribution in [2.45, 2.75) is 25.6 Å². The first-order chi connectivity index (χ1) is 16.5. The lowest BCUT2D eigenvalue weighted by molar-refractivity contribution is -0.138. The van der Waals surface area contributed by atoms with Crippen LogP contribution in [0.4, 0.5) is 27.8 Å². The van der Waals surface area contributed by atoms with Crippen LogP contribution in [0.5, 0.6) is 5.75 Å². The fourth-order valence-electron chi connectivity index (χ4n) is 3.10. The van der Waals surface area contributed by atoms with Gasteiger partial charge in [-0.3, -0.25) is 4.98 Å². The molecule has 1 unspecified atom stereocenters. The Kier molecular flexibility index (Phi) is 8.44. The van der Waals surface area contributed by atoms with E-state index in [1.54, 1.807) is 12.1 Å². The van der Waals surface area contributed by atoms with E-state index >= 15 is 8.78 Å². The standard InChI is InChI=1S/C23H23ClF5N5O/c1-13(23(27,28)29)31-22-19(20(24)32-21(33-22)17-7-4-5-8-30-17)18-15(25)11-14(12-16(18)26)35-10-6-9-34(2)3/h4-5,7-8,11-13H,6,9-10H2,1-3H3,(H,31,32,33). The quantitative estimate of drug-likeness (QED) is 0.220. The molecule has 3 aromatic rings. The molecular weight excluding hydrogens is 493 g/mol. The molecule has 2 heterocycles. The summed E-state index contributed by atoms with van der Waals surface area (Å²) in [4.78, 5) is 14.1. The third-order valence-corrected chi connectivity index (χ3v) is 5.16. The smallest absolute Gasteiger partial charge is 0.408 e. The molecule has 0 aliphatic heterocycles. The number of anilines is 1. The number of benzene rings is 1. The normalized spacial score (nSPS) is 12.6. The van der Waals surface area contributed by atoms with Crippen molar-refractivity contribution < 1.29 is 26.7 Å². The summed E-state index contributed by atoms with van der Waals surface area (Å²) in [7, 11) is 3.76. The molecule has 35 heavy (non-hydrogen) atoms. The van der Waals surface area contributed by atoms with Gasteiger partial charge in [0.25, 0.3) is 0 Å². The molecule has 0 saturated heterocycles. The van der Waals surface area contributed by atoms with Crippen LogP contribution in [-0.4, -0.2) is 59.3 Å². The number of nitrogens with zero attached hydrogens (tertiary/aromatic N) is 4. The first-order valence-corrected chi connectivity index (χ1v) is 10.9. The zero-order valence-corrected chi connectivity index (χ0v) is 19.9. The van der Waals surface area contributed by atoms with Gasteiger partial charge in [-0.05, 0) is 39.6 Å². The zero-order valence-electron chi connectivity index (χ0n) is 19.1. The van der Waals surface area contributed by atoms with Crippen molar-refractivity contribution in [3.05, 3.63) is 53.3 Å². The van der Waals surface area contributed by atoms with Crippen molar-refractivity contribution in [1.29, 1.82) is 0 Å². The van der Waals surface area contributed by atoms with Gasteiger partial charge in [0.2, 0.25) is 0 Å². The van der Waals surface area contributed by atoms with Crippen molar-refractivity contribution in [3.8, 4) is 28.4 Å². The number of aromatic nitrogens is 3.